The van der Waals surface area contributed by atoms with E-state index in [1.165, 1.54) is 0 Å². The monoisotopic (exact) mass is 355 g/mol. The van der Waals surface area contributed by atoms with Crippen LogP contribution in [0.3, 0.4) is 0 Å². The number of hydrogen-bond donors (Lipinski definition) is 0. The molecule has 2 aromatic carbocycles. The van der Waals surface area contributed by atoms with Gasteiger partial charge in [-0.15, -0.1) is 0 Å². The van der Waals surface area contributed by atoms with Crippen LogP contribution in [-0.2, 0) is 7.05 Å². The minimum absolute atomic E-state index is 0. The fraction of sp³-hybridized carbons (Fsp3) is 0.0714. The van der Waals surface area contributed by atoms with Crippen LogP contribution < -0.4 is 28.5 Å². The molecule has 17 heavy (non-hydrogen) atoms. The molecule has 1 aromatic heterocycles. The van der Waals surface area contributed by atoms with Crippen LogP contribution in [0.15, 0.2) is 48.5 Å². The molecule has 0 atom stereocenters. The molecule has 0 aliphatic rings. The molecule has 3 heteroatoms. The average Bonchev–Trinajstić information content (AvgIpc) is 2.36. The molecule has 3 aromatic rings. The van der Waals surface area contributed by atoms with E-state index >= 15 is 0 Å². The second-order valence-electron chi connectivity index (χ2n) is 3.91. The van der Waals surface area contributed by atoms with Crippen LogP contribution in [0.25, 0.3) is 21.8 Å². The summed E-state index contributed by atoms with van der Waals surface area (Å²) in [5.41, 5.74) is 2.32. The molecule has 0 saturated heterocycles. The van der Waals surface area contributed by atoms with Crippen LogP contribution in [0.2, 0.25) is 5.02 Å². The Hall–Kier alpha value is -0.870. The predicted octanol–water partition coefficient (Wildman–Crippen LogP) is 0.475. The topological polar surface area (TPSA) is 3.88 Å². The van der Waals surface area contributed by atoms with Crippen molar-refractivity contribution in [2.75, 3.05) is 0 Å². The zero-order chi connectivity index (χ0) is 11.1. The lowest BCUT2D eigenvalue weighted by Gasteiger charge is -2.04. The van der Waals surface area contributed by atoms with Crippen molar-refractivity contribution in [2.45, 2.75) is 0 Å². The summed E-state index contributed by atoms with van der Waals surface area (Å²) in [6, 6.07) is 16.4. The van der Waals surface area contributed by atoms with E-state index in [-0.39, 0.29) is 24.0 Å². The van der Waals surface area contributed by atoms with E-state index in [4.69, 9.17) is 11.6 Å². The molecule has 0 aliphatic carbocycles. The Kier molecular flexibility index (Phi) is 3.54. The standard InChI is InChI=1S/C14H11ClN.HI/c1-16-12-8-4-2-6-10(12)14(15)11-7-3-5-9-13(11)16;/h2-9H,1H3;1H/q+1;/p-1. The maximum absolute atomic E-state index is 6.43. The van der Waals surface area contributed by atoms with Crippen LogP contribution in [0, 0.1) is 0 Å². The van der Waals surface area contributed by atoms with E-state index in [2.05, 4.69) is 35.9 Å². The van der Waals surface area contributed by atoms with Gasteiger partial charge in [-0.25, -0.2) is 0 Å². The third-order valence-corrected chi connectivity index (χ3v) is 3.41. The average molecular weight is 356 g/mol. The predicted molar refractivity (Wildman–Crippen MR) is 67.6 cm³/mol. The number of benzene rings is 2. The van der Waals surface area contributed by atoms with Gasteiger partial charge in [0.2, 0.25) is 11.0 Å². The zero-order valence-electron chi connectivity index (χ0n) is 9.32. The minimum atomic E-state index is 0. The van der Waals surface area contributed by atoms with E-state index in [1.54, 1.807) is 0 Å². The number of para-hydroxylation sites is 2. The minimum Gasteiger partial charge on any atom is -1.00 e. The Morgan fingerprint density at radius 2 is 1.24 bits per heavy atom. The number of aromatic nitrogens is 1. The number of halogens is 2. The SMILES string of the molecule is C[n+]1c2ccccc2c(Cl)c2ccccc21.[I-]. The summed E-state index contributed by atoms with van der Waals surface area (Å²) in [7, 11) is 2.07. The highest BCUT2D eigenvalue weighted by Crippen LogP contribution is 2.28. The molecule has 0 fully saturated rings. The number of rotatable bonds is 0. The number of aryl methyl sites for hydroxylation is 1. The second kappa shape index (κ2) is 4.78. The summed E-state index contributed by atoms with van der Waals surface area (Å²) in [6.45, 7) is 0. The van der Waals surface area contributed by atoms with Crippen molar-refractivity contribution < 1.29 is 28.5 Å². The number of fused-ring (bicyclic) bond motifs is 2. The molecule has 1 heterocycles. The second-order valence-corrected chi connectivity index (χ2v) is 4.29. The highest BCUT2D eigenvalue weighted by atomic mass is 127. The van der Waals surface area contributed by atoms with E-state index < -0.39 is 0 Å². The Labute approximate surface area is 122 Å². The summed E-state index contributed by atoms with van der Waals surface area (Å²) >= 11 is 6.43. The van der Waals surface area contributed by atoms with Gasteiger partial charge >= 0.3 is 0 Å². The lowest BCUT2D eigenvalue weighted by molar-refractivity contribution is -0.617. The third-order valence-electron chi connectivity index (χ3n) is 3.00. The van der Waals surface area contributed by atoms with Crippen molar-refractivity contribution in [2.24, 2.45) is 7.05 Å². The summed E-state index contributed by atoms with van der Waals surface area (Å²) in [6.07, 6.45) is 0. The number of pyridine rings is 1. The first kappa shape index (κ1) is 12.6. The highest BCUT2D eigenvalue weighted by molar-refractivity contribution is 6.39. The van der Waals surface area contributed by atoms with E-state index in [9.17, 15) is 0 Å². The van der Waals surface area contributed by atoms with Gasteiger partial charge < -0.3 is 24.0 Å². The molecule has 0 bridgehead atoms. The molecule has 0 amide bonds. The molecule has 0 N–H and O–H groups in total. The van der Waals surface area contributed by atoms with Gasteiger partial charge in [0, 0.05) is 12.1 Å². The van der Waals surface area contributed by atoms with Crippen molar-refractivity contribution in [3.8, 4) is 0 Å². The Bertz CT molecular complexity index is 577. The highest BCUT2D eigenvalue weighted by Gasteiger charge is 2.14. The summed E-state index contributed by atoms with van der Waals surface area (Å²) < 4.78 is 2.18. The zero-order valence-corrected chi connectivity index (χ0v) is 12.2. The summed E-state index contributed by atoms with van der Waals surface area (Å²) in [5.74, 6) is 0. The Morgan fingerprint density at radius 3 is 1.71 bits per heavy atom. The third kappa shape index (κ3) is 1.89. The molecule has 86 valence electrons. The van der Waals surface area contributed by atoms with Gasteiger partial charge in [-0.3, -0.25) is 0 Å². The largest absolute Gasteiger partial charge is 1.00 e. The molecule has 0 spiro atoms. The van der Waals surface area contributed by atoms with Gasteiger partial charge in [0.1, 0.15) is 7.05 Å². The van der Waals surface area contributed by atoms with Gasteiger partial charge in [-0.05, 0) is 12.1 Å². The van der Waals surface area contributed by atoms with Crippen molar-refractivity contribution in [1.29, 1.82) is 0 Å². The molecular formula is C14H11ClIN. The number of hydrogen-bond acceptors (Lipinski definition) is 0. The van der Waals surface area contributed by atoms with Crippen molar-refractivity contribution in [3.63, 3.8) is 0 Å². The van der Waals surface area contributed by atoms with Gasteiger partial charge in [-0.2, -0.15) is 4.57 Å². The van der Waals surface area contributed by atoms with Gasteiger partial charge in [0.05, 0.1) is 15.8 Å². The van der Waals surface area contributed by atoms with Crippen LogP contribution in [-0.4, -0.2) is 0 Å². The lowest BCUT2D eigenvalue weighted by Crippen LogP contribution is -3.00. The van der Waals surface area contributed by atoms with Crippen molar-refractivity contribution >= 4 is 33.4 Å². The lowest BCUT2D eigenvalue weighted by atomic mass is 10.1. The molecule has 1 nitrogen and oxygen atoms in total. The normalized spacial score (nSPS) is 10.5. The molecule has 3 rings (SSSR count). The molecule has 0 saturated carbocycles. The van der Waals surface area contributed by atoms with Crippen LogP contribution in [0.1, 0.15) is 0 Å². The quantitative estimate of drug-likeness (QED) is 0.314. The first-order valence-electron chi connectivity index (χ1n) is 5.24. The molecule has 0 unspecified atom stereocenters. The van der Waals surface area contributed by atoms with Crippen LogP contribution >= 0.6 is 11.6 Å². The van der Waals surface area contributed by atoms with Crippen molar-refractivity contribution in [3.05, 3.63) is 53.6 Å². The first-order valence-corrected chi connectivity index (χ1v) is 5.62. The summed E-state index contributed by atoms with van der Waals surface area (Å²) in [4.78, 5) is 0. The van der Waals surface area contributed by atoms with Crippen LogP contribution in [0.4, 0.5) is 0 Å². The van der Waals surface area contributed by atoms with E-state index in [1.807, 2.05) is 24.3 Å². The maximum atomic E-state index is 6.43. The fourth-order valence-corrected chi connectivity index (χ4v) is 2.50. The Morgan fingerprint density at radius 1 is 0.824 bits per heavy atom. The smallest absolute Gasteiger partial charge is 0.214 e. The summed E-state index contributed by atoms with van der Waals surface area (Å²) in [5, 5.41) is 3.04. The van der Waals surface area contributed by atoms with Gasteiger partial charge in [-0.1, -0.05) is 35.9 Å². The number of nitrogens with zero attached hydrogens (tertiary/aromatic N) is 1. The molecular weight excluding hydrogens is 345 g/mol. The van der Waals surface area contributed by atoms with Crippen molar-refractivity contribution in [1.82, 2.24) is 0 Å². The van der Waals surface area contributed by atoms with E-state index in [0.29, 0.717) is 0 Å². The molecule has 0 aliphatic heterocycles. The first-order chi connectivity index (χ1) is 7.79. The van der Waals surface area contributed by atoms with E-state index in [0.717, 1.165) is 26.8 Å². The van der Waals surface area contributed by atoms with Crippen LogP contribution in [0.5, 0.6) is 0 Å². The maximum Gasteiger partial charge on any atom is 0.214 e. The Balaban J connectivity index is 0.00000108. The molecule has 0 radical (unpaired) electrons. The van der Waals surface area contributed by atoms with Gasteiger partial charge in [0.25, 0.3) is 0 Å². The fourth-order valence-electron chi connectivity index (χ4n) is 2.18. The van der Waals surface area contributed by atoms with Gasteiger partial charge in [0.15, 0.2) is 0 Å².